The Kier molecular flexibility index (Phi) is 4.33. The fraction of sp³-hybridized carbons (Fsp3) is 0.435. The average Bonchev–Trinajstić information content (AvgIpc) is 3.12. The van der Waals surface area contributed by atoms with Crippen LogP contribution in [0.2, 0.25) is 0 Å². The molecule has 0 amide bonds. The lowest BCUT2D eigenvalue weighted by molar-refractivity contribution is 0.00794. The first kappa shape index (κ1) is 19.2. The molecule has 3 aliphatic rings. The molecular formula is C23H23FN2O5. The molecule has 0 unspecified atom stereocenters. The molecule has 1 aliphatic carbocycles. The quantitative estimate of drug-likeness (QED) is 0.579. The Morgan fingerprint density at radius 2 is 1.90 bits per heavy atom. The summed E-state index contributed by atoms with van der Waals surface area (Å²) in [5, 5.41) is 19.5. The van der Waals surface area contributed by atoms with Crippen LogP contribution < -0.4 is 4.74 Å². The SMILES string of the molecule is OCC1(c2ccc(-c3nc4cc(O[C@@H]5CO[C@H]6[C@@H]5OC[C@H]6O)[nH]c4cc3F)cc2)CC1. The number of nitrogens with one attached hydrogen (secondary N) is 1. The Morgan fingerprint density at radius 1 is 1.13 bits per heavy atom. The van der Waals surface area contributed by atoms with Crippen molar-refractivity contribution in [1.82, 2.24) is 9.97 Å². The van der Waals surface area contributed by atoms with E-state index >= 15 is 0 Å². The molecule has 4 heterocycles. The smallest absolute Gasteiger partial charge is 0.193 e. The number of aromatic amines is 1. The molecule has 8 heteroatoms. The first-order valence-corrected chi connectivity index (χ1v) is 10.6. The second kappa shape index (κ2) is 7.00. The molecule has 3 fully saturated rings. The standard InChI is InChI=1S/C23H23FN2O5/c24-14-7-15-16(8-19(25-15)31-18-10-30-21-17(28)9-29-22(18)21)26-20(14)12-1-3-13(4-2-12)23(11-27)5-6-23/h1-4,7-8,17-18,21-22,25,27-28H,5-6,9-11H2/t17-,18-,21-,22-/m1/s1. The molecule has 3 aromatic rings. The van der Waals surface area contributed by atoms with Crippen molar-refractivity contribution in [3.63, 3.8) is 0 Å². The summed E-state index contributed by atoms with van der Waals surface area (Å²) >= 11 is 0. The predicted molar refractivity (Wildman–Crippen MR) is 109 cm³/mol. The third-order valence-electron chi connectivity index (χ3n) is 6.72. The fourth-order valence-electron chi connectivity index (χ4n) is 4.65. The van der Waals surface area contributed by atoms with Gasteiger partial charge >= 0.3 is 0 Å². The number of rotatable bonds is 5. The molecule has 4 atom stereocenters. The van der Waals surface area contributed by atoms with Gasteiger partial charge in [0, 0.05) is 23.1 Å². The number of benzene rings is 1. The fourth-order valence-corrected chi connectivity index (χ4v) is 4.65. The van der Waals surface area contributed by atoms with Crippen LogP contribution in [0.15, 0.2) is 36.4 Å². The zero-order valence-electron chi connectivity index (χ0n) is 16.8. The third kappa shape index (κ3) is 3.13. The summed E-state index contributed by atoms with van der Waals surface area (Å²) in [5.74, 6) is 0.0238. The molecule has 2 aliphatic heterocycles. The van der Waals surface area contributed by atoms with Crippen LogP contribution in [0.4, 0.5) is 4.39 Å². The van der Waals surface area contributed by atoms with Crippen molar-refractivity contribution in [2.24, 2.45) is 0 Å². The van der Waals surface area contributed by atoms with E-state index in [1.54, 1.807) is 6.07 Å². The lowest BCUT2D eigenvalue weighted by atomic mass is 9.95. The Hall–Kier alpha value is -2.52. The van der Waals surface area contributed by atoms with E-state index in [0.29, 0.717) is 29.1 Å². The number of hydrogen-bond acceptors (Lipinski definition) is 6. The van der Waals surface area contributed by atoms with Crippen molar-refractivity contribution < 1.29 is 28.8 Å². The minimum absolute atomic E-state index is 0.122. The Labute approximate surface area is 177 Å². The number of aliphatic hydroxyl groups excluding tert-OH is 2. The second-order valence-corrected chi connectivity index (χ2v) is 8.72. The summed E-state index contributed by atoms with van der Waals surface area (Å²) in [4.78, 5) is 7.56. The maximum atomic E-state index is 14.8. The number of aliphatic hydroxyl groups is 2. The molecular weight excluding hydrogens is 403 g/mol. The van der Waals surface area contributed by atoms with E-state index in [1.165, 1.54) is 6.07 Å². The van der Waals surface area contributed by atoms with Gasteiger partial charge in [-0.2, -0.15) is 0 Å². The summed E-state index contributed by atoms with van der Waals surface area (Å²) in [5.41, 5.74) is 3.03. The highest BCUT2D eigenvalue weighted by molar-refractivity contribution is 5.81. The van der Waals surface area contributed by atoms with Gasteiger partial charge in [-0.15, -0.1) is 0 Å². The summed E-state index contributed by atoms with van der Waals surface area (Å²) in [6, 6.07) is 10.7. The summed E-state index contributed by atoms with van der Waals surface area (Å²) in [7, 11) is 0. The molecule has 2 saturated heterocycles. The van der Waals surface area contributed by atoms with E-state index in [4.69, 9.17) is 14.2 Å². The van der Waals surface area contributed by atoms with Crippen LogP contribution in [0.25, 0.3) is 22.3 Å². The molecule has 2 aromatic heterocycles. The van der Waals surface area contributed by atoms with Crippen molar-refractivity contribution in [3.05, 3.63) is 47.8 Å². The van der Waals surface area contributed by atoms with Crippen LogP contribution in [0.3, 0.4) is 0 Å². The number of fused-ring (bicyclic) bond motifs is 2. The molecule has 7 nitrogen and oxygen atoms in total. The maximum Gasteiger partial charge on any atom is 0.193 e. The van der Waals surface area contributed by atoms with E-state index in [9.17, 15) is 14.6 Å². The lowest BCUT2D eigenvalue weighted by Crippen LogP contribution is -2.34. The summed E-state index contributed by atoms with van der Waals surface area (Å²) in [6.07, 6.45) is 0.261. The highest BCUT2D eigenvalue weighted by Gasteiger charge is 2.48. The first-order chi connectivity index (χ1) is 15.1. The minimum Gasteiger partial charge on any atom is -0.470 e. The topological polar surface area (TPSA) is 96.8 Å². The summed E-state index contributed by atoms with van der Waals surface area (Å²) in [6.45, 7) is 0.682. The minimum atomic E-state index is -0.641. The number of hydrogen-bond donors (Lipinski definition) is 3. The number of pyridine rings is 1. The predicted octanol–water partition coefficient (Wildman–Crippen LogP) is 2.30. The molecule has 3 N–H and O–H groups in total. The van der Waals surface area contributed by atoms with E-state index in [2.05, 4.69) is 9.97 Å². The Bertz CT molecular complexity index is 1130. The van der Waals surface area contributed by atoms with Crippen molar-refractivity contribution in [2.75, 3.05) is 19.8 Å². The molecule has 1 saturated carbocycles. The average molecular weight is 426 g/mol. The zero-order chi connectivity index (χ0) is 21.2. The van der Waals surface area contributed by atoms with Gasteiger partial charge in [0.2, 0.25) is 0 Å². The van der Waals surface area contributed by atoms with Crippen LogP contribution >= 0.6 is 0 Å². The zero-order valence-corrected chi connectivity index (χ0v) is 16.8. The molecule has 0 spiro atoms. The van der Waals surface area contributed by atoms with E-state index in [1.807, 2.05) is 24.3 Å². The highest BCUT2D eigenvalue weighted by atomic mass is 19.1. The molecule has 0 radical (unpaired) electrons. The second-order valence-electron chi connectivity index (χ2n) is 8.72. The third-order valence-corrected chi connectivity index (χ3v) is 6.72. The number of aromatic nitrogens is 2. The molecule has 162 valence electrons. The largest absolute Gasteiger partial charge is 0.470 e. The van der Waals surface area contributed by atoms with Crippen molar-refractivity contribution in [3.8, 4) is 17.1 Å². The van der Waals surface area contributed by atoms with Gasteiger partial charge < -0.3 is 29.4 Å². The van der Waals surface area contributed by atoms with E-state index < -0.39 is 11.9 Å². The van der Waals surface area contributed by atoms with Crippen LogP contribution in [0.5, 0.6) is 5.88 Å². The van der Waals surface area contributed by atoms with Gasteiger partial charge in [0.25, 0.3) is 0 Å². The van der Waals surface area contributed by atoms with Crippen LogP contribution in [-0.2, 0) is 14.9 Å². The normalized spacial score (nSPS) is 28.7. The van der Waals surface area contributed by atoms with Crippen molar-refractivity contribution in [1.29, 1.82) is 0 Å². The van der Waals surface area contributed by atoms with Gasteiger partial charge in [-0.05, 0) is 18.4 Å². The van der Waals surface area contributed by atoms with Gasteiger partial charge in [0.15, 0.2) is 17.8 Å². The molecule has 6 rings (SSSR count). The number of H-pyrrole nitrogens is 1. The molecule has 31 heavy (non-hydrogen) atoms. The maximum absolute atomic E-state index is 14.8. The highest BCUT2D eigenvalue weighted by Crippen LogP contribution is 2.47. The number of nitrogens with zero attached hydrogens (tertiary/aromatic N) is 1. The Morgan fingerprint density at radius 3 is 2.65 bits per heavy atom. The number of ether oxygens (including phenoxy) is 3. The number of halogens is 1. The van der Waals surface area contributed by atoms with Crippen molar-refractivity contribution >= 4 is 11.0 Å². The van der Waals surface area contributed by atoms with Gasteiger partial charge in [-0.1, -0.05) is 24.3 Å². The van der Waals surface area contributed by atoms with Crippen LogP contribution in [0.1, 0.15) is 18.4 Å². The van der Waals surface area contributed by atoms with Gasteiger partial charge in [0.1, 0.15) is 24.0 Å². The van der Waals surface area contributed by atoms with Crippen LogP contribution in [0, 0.1) is 5.82 Å². The summed E-state index contributed by atoms with van der Waals surface area (Å²) < 4.78 is 32.0. The van der Waals surface area contributed by atoms with Crippen molar-refractivity contribution in [2.45, 2.75) is 42.7 Å². The van der Waals surface area contributed by atoms with Gasteiger partial charge in [0.05, 0.1) is 30.9 Å². The van der Waals surface area contributed by atoms with E-state index in [-0.39, 0.29) is 42.6 Å². The monoisotopic (exact) mass is 426 g/mol. The Balaban J connectivity index is 1.26. The van der Waals surface area contributed by atoms with Gasteiger partial charge in [-0.3, -0.25) is 0 Å². The molecule has 1 aromatic carbocycles. The van der Waals surface area contributed by atoms with Gasteiger partial charge in [-0.25, -0.2) is 9.37 Å². The molecule has 0 bridgehead atoms. The lowest BCUT2D eigenvalue weighted by Gasteiger charge is -2.16. The first-order valence-electron chi connectivity index (χ1n) is 10.6. The van der Waals surface area contributed by atoms with Crippen LogP contribution in [-0.4, -0.2) is 64.4 Å². The van der Waals surface area contributed by atoms with E-state index in [0.717, 1.165) is 18.4 Å².